The fraction of sp³-hybridized carbons (Fsp3) is 0.476. The molecule has 0 aliphatic carbocycles. The lowest BCUT2D eigenvalue weighted by Crippen LogP contribution is -2.59. The predicted molar refractivity (Wildman–Crippen MR) is 108 cm³/mol. The summed E-state index contributed by atoms with van der Waals surface area (Å²) in [4.78, 5) is 32.1. The van der Waals surface area contributed by atoms with Crippen molar-refractivity contribution in [2.75, 3.05) is 23.7 Å². The number of hydrogen-bond donors (Lipinski definition) is 2. The third kappa shape index (κ3) is 3.04. The smallest absolute Gasteiger partial charge is 0.250 e. The van der Waals surface area contributed by atoms with Gasteiger partial charge in [0.05, 0.1) is 11.4 Å². The van der Waals surface area contributed by atoms with Gasteiger partial charge < -0.3 is 20.1 Å². The van der Waals surface area contributed by atoms with Crippen LogP contribution in [0.1, 0.15) is 51.4 Å². The predicted octanol–water partition coefficient (Wildman–Crippen LogP) is 2.99. The zero-order chi connectivity index (χ0) is 19.9. The standard InChI is InChI=1S/C21H27N5O2/c1-14(2)18-22-10-13-26(18)15(3)19(27)25-11-8-21(9-12-25)20(28)23-16-6-4-5-7-17(16)24-21/h4-7,10,13-15,24H,8-9,11-12H2,1-3H3,(H,23,28)/t15-/m1/s1. The minimum Gasteiger partial charge on any atom is -0.369 e. The molecule has 0 radical (unpaired) electrons. The molecule has 0 saturated carbocycles. The molecule has 2 amide bonds. The summed E-state index contributed by atoms with van der Waals surface area (Å²) in [7, 11) is 0. The molecule has 2 aliphatic rings. The lowest BCUT2D eigenvalue weighted by atomic mass is 9.84. The topological polar surface area (TPSA) is 79.3 Å². The van der Waals surface area contributed by atoms with Crippen molar-refractivity contribution in [3.8, 4) is 0 Å². The minimum absolute atomic E-state index is 0.0111. The summed E-state index contributed by atoms with van der Waals surface area (Å²) >= 11 is 0. The second kappa shape index (κ2) is 6.96. The number of amides is 2. The Labute approximate surface area is 165 Å². The minimum atomic E-state index is -0.646. The van der Waals surface area contributed by atoms with Gasteiger partial charge in [0, 0.05) is 31.4 Å². The number of benzene rings is 1. The van der Waals surface area contributed by atoms with Crippen molar-refractivity contribution in [3.05, 3.63) is 42.5 Å². The van der Waals surface area contributed by atoms with Gasteiger partial charge in [-0.1, -0.05) is 26.0 Å². The van der Waals surface area contributed by atoms with Crippen molar-refractivity contribution in [3.63, 3.8) is 0 Å². The zero-order valence-corrected chi connectivity index (χ0v) is 16.6. The van der Waals surface area contributed by atoms with Crippen molar-refractivity contribution in [1.29, 1.82) is 0 Å². The normalized spacial score (nSPS) is 19.1. The van der Waals surface area contributed by atoms with E-state index in [-0.39, 0.29) is 23.8 Å². The van der Waals surface area contributed by atoms with Gasteiger partial charge in [0.15, 0.2) is 0 Å². The fourth-order valence-electron chi connectivity index (χ4n) is 4.20. The number of piperidine rings is 1. The van der Waals surface area contributed by atoms with E-state index >= 15 is 0 Å². The van der Waals surface area contributed by atoms with E-state index in [1.165, 1.54) is 0 Å². The molecule has 1 aromatic heterocycles. The maximum absolute atomic E-state index is 13.1. The first-order valence-corrected chi connectivity index (χ1v) is 9.91. The van der Waals surface area contributed by atoms with Gasteiger partial charge in [-0.2, -0.15) is 0 Å². The second-order valence-electron chi connectivity index (χ2n) is 8.06. The van der Waals surface area contributed by atoms with Crippen molar-refractivity contribution in [2.45, 2.75) is 51.1 Å². The largest absolute Gasteiger partial charge is 0.369 e. The van der Waals surface area contributed by atoms with Crippen LogP contribution in [0.5, 0.6) is 0 Å². The molecule has 3 heterocycles. The van der Waals surface area contributed by atoms with Crippen LogP contribution >= 0.6 is 0 Å². The number of para-hydroxylation sites is 2. The zero-order valence-electron chi connectivity index (χ0n) is 16.6. The first kappa shape index (κ1) is 18.5. The molecule has 2 aromatic rings. The Bertz CT molecular complexity index is 896. The van der Waals surface area contributed by atoms with Crippen LogP contribution in [-0.2, 0) is 9.59 Å². The van der Waals surface area contributed by atoms with Crippen LogP contribution in [0.4, 0.5) is 11.4 Å². The molecule has 1 atom stereocenters. The number of aromatic nitrogens is 2. The molecule has 1 fully saturated rings. The number of imidazole rings is 1. The maximum Gasteiger partial charge on any atom is 0.250 e. The van der Waals surface area contributed by atoms with Gasteiger partial charge in [-0.3, -0.25) is 9.59 Å². The highest BCUT2D eigenvalue weighted by Crippen LogP contribution is 2.36. The van der Waals surface area contributed by atoms with E-state index in [4.69, 9.17) is 0 Å². The van der Waals surface area contributed by atoms with E-state index in [1.807, 2.05) is 46.9 Å². The molecule has 28 heavy (non-hydrogen) atoms. The molecular formula is C21H27N5O2. The third-order valence-electron chi connectivity index (χ3n) is 5.90. The molecule has 0 bridgehead atoms. The third-order valence-corrected chi connectivity index (χ3v) is 5.90. The van der Waals surface area contributed by atoms with Gasteiger partial charge in [-0.25, -0.2) is 4.98 Å². The molecule has 0 unspecified atom stereocenters. The number of nitrogens with zero attached hydrogens (tertiary/aromatic N) is 3. The molecule has 2 aliphatic heterocycles. The van der Waals surface area contributed by atoms with Gasteiger partial charge in [0.2, 0.25) is 11.8 Å². The van der Waals surface area contributed by atoms with Crippen molar-refractivity contribution >= 4 is 23.2 Å². The van der Waals surface area contributed by atoms with Crippen LogP contribution < -0.4 is 10.6 Å². The van der Waals surface area contributed by atoms with Gasteiger partial charge in [0.25, 0.3) is 0 Å². The van der Waals surface area contributed by atoms with Crippen LogP contribution in [0.15, 0.2) is 36.7 Å². The summed E-state index contributed by atoms with van der Waals surface area (Å²) in [6.07, 6.45) is 4.80. The van der Waals surface area contributed by atoms with E-state index in [9.17, 15) is 9.59 Å². The Morgan fingerprint density at radius 2 is 1.82 bits per heavy atom. The molecule has 7 heteroatoms. The number of carbonyl (C=O) groups is 2. The summed E-state index contributed by atoms with van der Waals surface area (Å²) in [5, 5.41) is 6.45. The van der Waals surface area contributed by atoms with Crippen LogP contribution in [0.3, 0.4) is 0 Å². The van der Waals surface area contributed by atoms with E-state index in [1.54, 1.807) is 6.20 Å². The average Bonchev–Trinajstić information content (AvgIpc) is 3.18. The summed E-state index contributed by atoms with van der Waals surface area (Å²) in [5.41, 5.74) is 1.11. The van der Waals surface area contributed by atoms with E-state index < -0.39 is 5.54 Å². The van der Waals surface area contributed by atoms with Crippen molar-refractivity contribution in [1.82, 2.24) is 14.5 Å². The molecule has 1 saturated heterocycles. The van der Waals surface area contributed by atoms with Crippen molar-refractivity contribution < 1.29 is 9.59 Å². The van der Waals surface area contributed by atoms with Crippen LogP contribution in [0.25, 0.3) is 0 Å². The van der Waals surface area contributed by atoms with E-state index in [2.05, 4.69) is 29.5 Å². The first-order chi connectivity index (χ1) is 13.4. The number of rotatable bonds is 3. The SMILES string of the molecule is CC(C)c1nccn1[C@H](C)C(=O)N1CCC2(CC1)Nc1ccccc1NC2=O. The van der Waals surface area contributed by atoms with Crippen LogP contribution in [-0.4, -0.2) is 44.9 Å². The highest BCUT2D eigenvalue weighted by atomic mass is 16.2. The van der Waals surface area contributed by atoms with Crippen molar-refractivity contribution in [2.24, 2.45) is 0 Å². The molecule has 1 spiro atoms. The Kier molecular flexibility index (Phi) is 4.61. The fourth-order valence-corrected chi connectivity index (χ4v) is 4.20. The second-order valence-corrected chi connectivity index (χ2v) is 8.06. The van der Waals surface area contributed by atoms with Gasteiger partial charge in [0.1, 0.15) is 17.4 Å². The van der Waals surface area contributed by atoms with Gasteiger partial charge >= 0.3 is 0 Å². The Morgan fingerprint density at radius 1 is 1.14 bits per heavy atom. The number of nitrogens with one attached hydrogen (secondary N) is 2. The van der Waals surface area contributed by atoms with Crippen LogP contribution in [0, 0.1) is 0 Å². The summed E-state index contributed by atoms with van der Waals surface area (Å²) in [6, 6.07) is 7.42. The molecule has 1 aromatic carbocycles. The summed E-state index contributed by atoms with van der Waals surface area (Å²) in [6.45, 7) is 7.18. The molecule has 148 valence electrons. The first-order valence-electron chi connectivity index (χ1n) is 9.91. The molecule has 7 nitrogen and oxygen atoms in total. The average molecular weight is 381 g/mol. The highest BCUT2D eigenvalue weighted by molar-refractivity contribution is 6.06. The summed E-state index contributed by atoms with van der Waals surface area (Å²) in [5.74, 6) is 1.23. The monoisotopic (exact) mass is 381 g/mol. The Balaban J connectivity index is 1.46. The molecule has 2 N–H and O–H groups in total. The number of likely N-dealkylation sites (tertiary alicyclic amines) is 1. The number of carbonyl (C=O) groups excluding carboxylic acids is 2. The lowest BCUT2D eigenvalue weighted by molar-refractivity contribution is -0.137. The molecule has 4 rings (SSSR count). The Morgan fingerprint density at radius 3 is 2.50 bits per heavy atom. The van der Waals surface area contributed by atoms with E-state index in [0.29, 0.717) is 25.9 Å². The Hall–Kier alpha value is -2.83. The maximum atomic E-state index is 13.1. The summed E-state index contributed by atoms with van der Waals surface area (Å²) < 4.78 is 1.96. The molecular weight excluding hydrogens is 354 g/mol. The van der Waals surface area contributed by atoms with E-state index in [0.717, 1.165) is 17.2 Å². The van der Waals surface area contributed by atoms with Crippen LogP contribution in [0.2, 0.25) is 0 Å². The van der Waals surface area contributed by atoms with Gasteiger partial charge in [-0.15, -0.1) is 0 Å². The number of hydrogen-bond acceptors (Lipinski definition) is 4. The quantitative estimate of drug-likeness (QED) is 0.857. The van der Waals surface area contributed by atoms with Gasteiger partial charge in [-0.05, 0) is 31.9 Å². The number of anilines is 2. The number of fused-ring (bicyclic) bond motifs is 1. The highest BCUT2D eigenvalue weighted by Gasteiger charge is 2.45. The lowest BCUT2D eigenvalue weighted by Gasteiger charge is -2.44.